The summed E-state index contributed by atoms with van der Waals surface area (Å²) >= 11 is 0. The molecule has 7 heteroatoms. The zero-order valence-electron chi connectivity index (χ0n) is 12.5. The molecular weight excluding hydrogens is 309 g/mol. The first kappa shape index (κ1) is 16.9. The lowest BCUT2D eigenvalue weighted by atomic mass is 10.1. The molecule has 122 valence electrons. The van der Waals surface area contributed by atoms with Crippen LogP contribution < -0.4 is 5.32 Å². The average Bonchev–Trinajstić information content (AvgIpc) is 2.91. The molecule has 22 heavy (non-hydrogen) atoms. The van der Waals surface area contributed by atoms with Crippen LogP contribution in [-0.2, 0) is 25.9 Å². The van der Waals surface area contributed by atoms with Gasteiger partial charge in [-0.15, -0.1) is 0 Å². The van der Waals surface area contributed by atoms with E-state index in [9.17, 15) is 17.6 Å². The van der Waals surface area contributed by atoms with Gasteiger partial charge in [-0.05, 0) is 37.0 Å². The highest BCUT2D eigenvalue weighted by atomic mass is 32.2. The van der Waals surface area contributed by atoms with Crippen molar-refractivity contribution >= 4 is 15.7 Å². The SMILES string of the molecule is Cc1cc(CNC(=O)CS(=O)(=O)C[C@@H]2CCCO2)ccc1F. The molecule has 0 aromatic heterocycles. The number of hydrogen-bond acceptors (Lipinski definition) is 4. The first-order valence-corrected chi connectivity index (χ1v) is 9.01. The van der Waals surface area contributed by atoms with Crippen LogP contribution in [0.3, 0.4) is 0 Å². The average molecular weight is 329 g/mol. The zero-order valence-corrected chi connectivity index (χ0v) is 13.3. The van der Waals surface area contributed by atoms with Gasteiger partial charge in [0.25, 0.3) is 0 Å². The number of amides is 1. The largest absolute Gasteiger partial charge is 0.377 e. The van der Waals surface area contributed by atoms with Crippen LogP contribution >= 0.6 is 0 Å². The van der Waals surface area contributed by atoms with Gasteiger partial charge >= 0.3 is 0 Å². The van der Waals surface area contributed by atoms with Gasteiger partial charge in [0.2, 0.25) is 5.91 Å². The van der Waals surface area contributed by atoms with Crippen molar-refractivity contribution in [2.75, 3.05) is 18.1 Å². The summed E-state index contributed by atoms with van der Waals surface area (Å²) in [5.74, 6) is -1.53. The van der Waals surface area contributed by atoms with E-state index in [-0.39, 0.29) is 24.2 Å². The fourth-order valence-corrected chi connectivity index (χ4v) is 3.83. The second-order valence-corrected chi connectivity index (χ2v) is 7.66. The fourth-order valence-electron chi connectivity index (χ4n) is 2.39. The summed E-state index contributed by atoms with van der Waals surface area (Å²) < 4.78 is 42.2. The minimum Gasteiger partial charge on any atom is -0.377 e. The number of rotatable bonds is 6. The summed E-state index contributed by atoms with van der Waals surface area (Å²) in [4.78, 5) is 11.8. The van der Waals surface area contributed by atoms with Gasteiger partial charge < -0.3 is 10.1 Å². The molecule has 5 nitrogen and oxygen atoms in total. The van der Waals surface area contributed by atoms with Crippen molar-refractivity contribution in [2.45, 2.75) is 32.4 Å². The Morgan fingerprint density at radius 2 is 2.23 bits per heavy atom. The van der Waals surface area contributed by atoms with Crippen LogP contribution in [0.1, 0.15) is 24.0 Å². The van der Waals surface area contributed by atoms with Gasteiger partial charge in [-0.2, -0.15) is 0 Å². The number of ether oxygens (including phenoxy) is 1. The molecule has 0 unspecified atom stereocenters. The molecule has 0 bridgehead atoms. The van der Waals surface area contributed by atoms with Crippen LogP contribution in [0.2, 0.25) is 0 Å². The molecule has 1 heterocycles. The van der Waals surface area contributed by atoms with Crippen molar-refractivity contribution in [3.63, 3.8) is 0 Å². The maximum Gasteiger partial charge on any atom is 0.235 e. The third kappa shape index (κ3) is 5.06. The highest BCUT2D eigenvalue weighted by Crippen LogP contribution is 2.14. The summed E-state index contributed by atoms with van der Waals surface area (Å²) in [5, 5.41) is 2.55. The predicted molar refractivity (Wildman–Crippen MR) is 80.6 cm³/mol. The fraction of sp³-hybridized carbons (Fsp3) is 0.533. The van der Waals surface area contributed by atoms with E-state index in [1.54, 1.807) is 19.1 Å². The van der Waals surface area contributed by atoms with Gasteiger partial charge in [-0.25, -0.2) is 12.8 Å². The van der Waals surface area contributed by atoms with Crippen LogP contribution in [0, 0.1) is 12.7 Å². The molecule has 1 atom stereocenters. The Kier molecular flexibility index (Phi) is 5.52. The number of sulfone groups is 1. The maximum atomic E-state index is 13.1. The van der Waals surface area contributed by atoms with Gasteiger partial charge in [0.15, 0.2) is 9.84 Å². The molecule has 1 saturated heterocycles. The maximum absolute atomic E-state index is 13.1. The van der Waals surface area contributed by atoms with Crippen LogP contribution in [0.25, 0.3) is 0 Å². The van der Waals surface area contributed by atoms with Crippen molar-refractivity contribution in [3.8, 4) is 0 Å². The third-order valence-corrected chi connectivity index (χ3v) is 5.11. The number of aryl methyl sites for hydroxylation is 1. The lowest BCUT2D eigenvalue weighted by Gasteiger charge is -2.10. The van der Waals surface area contributed by atoms with Crippen molar-refractivity contribution in [1.29, 1.82) is 0 Å². The minimum atomic E-state index is -3.48. The van der Waals surface area contributed by atoms with Gasteiger partial charge in [0.1, 0.15) is 11.6 Å². The Bertz CT molecular complexity index is 639. The topological polar surface area (TPSA) is 72.5 Å². The van der Waals surface area contributed by atoms with Crippen molar-refractivity contribution in [1.82, 2.24) is 5.32 Å². The van der Waals surface area contributed by atoms with E-state index in [4.69, 9.17) is 4.74 Å². The molecule has 1 aromatic carbocycles. The van der Waals surface area contributed by atoms with Gasteiger partial charge in [-0.1, -0.05) is 12.1 Å². The van der Waals surface area contributed by atoms with E-state index in [0.29, 0.717) is 12.2 Å². The van der Waals surface area contributed by atoms with Crippen molar-refractivity contribution < 1.29 is 22.3 Å². The van der Waals surface area contributed by atoms with Gasteiger partial charge in [-0.3, -0.25) is 4.79 Å². The Labute approximate surface area is 129 Å². The summed E-state index contributed by atoms with van der Waals surface area (Å²) in [6, 6.07) is 4.50. The second kappa shape index (κ2) is 7.19. The number of halogens is 1. The number of benzene rings is 1. The zero-order chi connectivity index (χ0) is 16.2. The van der Waals surface area contributed by atoms with E-state index in [2.05, 4.69) is 5.32 Å². The molecule has 1 fully saturated rings. The predicted octanol–water partition coefficient (Wildman–Crippen LogP) is 1.34. The molecule has 2 rings (SSSR count). The van der Waals surface area contributed by atoms with Crippen molar-refractivity contribution in [3.05, 3.63) is 35.1 Å². The number of nitrogens with one attached hydrogen (secondary N) is 1. The first-order valence-electron chi connectivity index (χ1n) is 7.19. The minimum absolute atomic E-state index is 0.115. The van der Waals surface area contributed by atoms with Gasteiger partial charge in [0, 0.05) is 13.2 Å². The Balaban J connectivity index is 1.82. The van der Waals surface area contributed by atoms with E-state index in [1.807, 2.05) is 0 Å². The van der Waals surface area contributed by atoms with E-state index in [1.165, 1.54) is 6.07 Å². The number of carbonyl (C=O) groups excluding carboxylic acids is 1. The highest BCUT2D eigenvalue weighted by Gasteiger charge is 2.25. The summed E-state index contributed by atoms with van der Waals surface area (Å²) in [6.07, 6.45) is 1.28. The molecule has 1 N–H and O–H groups in total. The molecule has 1 amide bonds. The summed E-state index contributed by atoms with van der Waals surface area (Å²) in [5.41, 5.74) is 1.21. The lowest BCUT2D eigenvalue weighted by molar-refractivity contribution is -0.118. The monoisotopic (exact) mass is 329 g/mol. The molecule has 1 aromatic rings. The molecule has 0 saturated carbocycles. The quantitative estimate of drug-likeness (QED) is 0.855. The lowest BCUT2D eigenvalue weighted by Crippen LogP contribution is -2.33. The molecule has 1 aliphatic heterocycles. The van der Waals surface area contributed by atoms with E-state index in [0.717, 1.165) is 18.4 Å². The Morgan fingerprint density at radius 3 is 2.86 bits per heavy atom. The Morgan fingerprint density at radius 1 is 1.45 bits per heavy atom. The van der Waals surface area contributed by atoms with E-state index < -0.39 is 21.5 Å². The first-order chi connectivity index (χ1) is 10.4. The molecule has 0 radical (unpaired) electrons. The summed E-state index contributed by atoms with van der Waals surface area (Å²) in [7, 11) is -3.48. The number of hydrogen-bond donors (Lipinski definition) is 1. The standard InChI is InChI=1S/C15H20FNO4S/c1-11-7-12(4-5-14(11)16)8-17-15(18)10-22(19,20)9-13-3-2-6-21-13/h4-5,7,13H,2-3,6,8-10H2,1H3,(H,17,18)/t13-/m0/s1. The third-order valence-electron chi connectivity index (χ3n) is 3.53. The molecule has 0 aliphatic carbocycles. The van der Waals surface area contributed by atoms with E-state index >= 15 is 0 Å². The smallest absolute Gasteiger partial charge is 0.235 e. The number of carbonyl (C=O) groups is 1. The normalized spacial score (nSPS) is 18.4. The van der Waals surface area contributed by atoms with Crippen molar-refractivity contribution in [2.24, 2.45) is 0 Å². The van der Waals surface area contributed by atoms with Crippen LogP contribution in [0.15, 0.2) is 18.2 Å². The molecule has 0 spiro atoms. The molecule has 1 aliphatic rings. The highest BCUT2D eigenvalue weighted by molar-refractivity contribution is 7.92. The second-order valence-electron chi connectivity index (χ2n) is 5.55. The summed E-state index contributed by atoms with van der Waals surface area (Å²) in [6.45, 7) is 2.39. The molecular formula is C15H20FNO4S. The van der Waals surface area contributed by atoms with Gasteiger partial charge in [0.05, 0.1) is 11.9 Å². The Hall–Kier alpha value is -1.47. The van der Waals surface area contributed by atoms with Crippen LogP contribution in [-0.4, -0.2) is 38.5 Å². The van der Waals surface area contributed by atoms with Crippen LogP contribution in [0.5, 0.6) is 0 Å². The van der Waals surface area contributed by atoms with Crippen LogP contribution in [0.4, 0.5) is 4.39 Å².